The second-order valence-electron chi connectivity index (χ2n) is 5.57. The van der Waals surface area contributed by atoms with Crippen LogP contribution in [0.3, 0.4) is 0 Å². The highest BCUT2D eigenvalue weighted by atomic mass is 16.4. The van der Waals surface area contributed by atoms with E-state index in [1.54, 1.807) is 13.0 Å². The van der Waals surface area contributed by atoms with Gasteiger partial charge >= 0.3 is 12.0 Å². The second kappa shape index (κ2) is 7.08. The van der Waals surface area contributed by atoms with Gasteiger partial charge < -0.3 is 20.6 Å². The van der Waals surface area contributed by atoms with Crippen LogP contribution in [0.25, 0.3) is 0 Å². The van der Waals surface area contributed by atoms with Gasteiger partial charge in [-0.2, -0.15) is 0 Å². The third-order valence-electron chi connectivity index (χ3n) is 2.97. The Bertz CT molecular complexity index is 541. The summed E-state index contributed by atoms with van der Waals surface area (Å²) >= 11 is 0. The number of benzene rings is 1. The van der Waals surface area contributed by atoms with Crippen molar-refractivity contribution in [1.29, 1.82) is 0 Å². The van der Waals surface area contributed by atoms with E-state index in [2.05, 4.69) is 10.6 Å². The summed E-state index contributed by atoms with van der Waals surface area (Å²) in [5.41, 5.74) is 2.00. The topological polar surface area (TPSA) is 81.7 Å². The fourth-order valence-electron chi connectivity index (χ4n) is 2.27. The first-order valence-corrected chi connectivity index (χ1v) is 6.77. The maximum absolute atomic E-state index is 12.0. The Balaban J connectivity index is 2.87. The van der Waals surface area contributed by atoms with Crippen LogP contribution in [0.1, 0.15) is 28.4 Å². The largest absolute Gasteiger partial charge is 0.478 e. The van der Waals surface area contributed by atoms with Crippen molar-refractivity contribution in [2.45, 2.75) is 26.8 Å². The second-order valence-corrected chi connectivity index (χ2v) is 5.57. The quantitative estimate of drug-likeness (QED) is 0.776. The number of amides is 2. The Hall–Kier alpha value is -2.08. The number of carboxylic acid groups (broad SMARTS) is 1. The fourth-order valence-corrected chi connectivity index (χ4v) is 2.27. The van der Waals surface area contributed by atoms with Crippen LogP contribution in [-0.4, -0.2) is 48.7 Å². The maximum Gasteiger partial charge on any atom is 0.337 e. The van der Waals surface area contributed by atoms with Crippen LogP contribution in [0.5, 0.6) is 0 Å². The van der Waals surface area contributed by atoms with Crippen molar-refractivity contribution in [2.24, 2.45) is 0 Å². The van der Waals surface area contributed by atoms with Crippen LogP contribution < -0.4 is 10.6 Å². The first-order valence-electron chi connectivity index (χ1n) is 6.77. The van der Waals surface area contributed by atoms with Gasteiger partial charge in [0.05, 0.1) is 11.3 Å². The van der Waals surface area contributed by atoms with Gasteiger partial charge in [0.15, 0.2) is 0 Å². The molecular formula is C15H23N3O3. The number of urea groups is 1. The summed E-state index contributed by atoms with van der Waals surface area (Å²) in [5.74, 6) is -1.06. The van der Waals surface area contributed by atoms with Crippen molar-refractivity contribution in [3.05, 3.63) is 28.8 Å². The van der Waals surface area contributed by atoms with Crippen molar-refractivity contribution < 1.29 is 14.7 Å². The molecule has 0 aliphatic heterocycles. The minimum atomic E-state index is -1.06. The number of nitrogens with one attached hydrogen (secondary N) is 2. The van der Waals surface area contributed by atoms with Gasteiger partial charge in [0.1, 0.15) is 0 Å². The van der Waals surface area contributed by atoms with E-state index in [1.165, 1.54) is 0 Å². The molecule has 0 aliphatic carbocycles. The molecule has 1 rings (SSSR count). The van der Waals surface area contributed by atoms with Gasteiger partial charge in [0.2, 0.25) is 0 Å². The molecule has 6 heteroatoms. The van der Waals surface area contributed by atoms with Crippen molar-refractivity contribution in [1.82, 2.24) is 10.2 Å². The number of carboxylic acids is 1. The highest BCUT2D eigenvalue weighted by Gasteiger charge is 2.16. The number of aryl methyl sites for hydroxylation is 2. The third-order valence-corrected chi connectivity index (χ3v) is 2.97. The Morgan fingerprint density at radius 1 is 1.29 bits per heavy atom. The number of likely N-dealkylation sites (N-methyl/N-ethyl adjacent to an activating group) is 1. The Kier molecular flexibility index (Phi) is 5.72. The van der Waals surface area contributed by atoms with Gasteiger partial charge in [-0.15, -0.1) is 0 Å². The minimum absolute atomic E-state index is 0.0426. The number of nitrogens with zero attached hydrogens (tertiary/aromatic N) is 1. The molecule has 0 spiro atoms. The smallest absolute Gasteiger partial charge is 0.337 e. The molecule has 0 radical (unpaired) electrons. The van der Waals surface area contributed by atoms with Crippen molar-refractivity contribution in [2.75, 3.05) is 26.0 Å². The van der Waals surface area contributed by atoms with E-state index in [4.69, 9.17) is 0 Å². The minimum Gasteiger partial charge on any atom is -0.478 e. The lowest BCUT2D eigenvalue weighted by molar-refractivity contribution is 0.0698. The van der Waals surface area contributed by atoms with Gasteiger partial charge in [-0.3, -0.25) is 0 Å². The number of rotatable bonds is 5. The van der Waals surface area contributed by atoms with Gasteiger partial charge in [-0.1, -0.05) is 6.07 Å². The third kappa shape index (κ3) is 5.07. The molecule has 0 saturated heterocycles. The van der Waals surface area contributed by atoms with E-state index in [0.29, 0.717) is 12.2 Å². The summed E-state index contributed by atoms with van der Waals surface area (Å²) in [4.78, 5) is 25.2. The first-order chi connectivity index (χ1) is 9.70. The molecule has 0 saturated carbocycles. The van der Waals surface area contributed by atoms with Gasteiger partial charge in [0.25, 0.3) is 0 Å². The van der Waals surface area contributed by atoms with Gasteiger partial charge in [0, 0.05) is 12.6 Å². The normalized spacial score (nSPS) is 12.1. The zero-order chi connectivity index (χ0) is 16.2. The summed E-state index contributed by atoms with van der Waals surface area (Å²) in [7, 11) is 3.84. The van der Waals surface area contributed by atoms with Crippen molar-refractivity contribution in [3.63, 3.8) is 0 Å². The van der Waals surface area contributed by atoms with E-state index in [-0.39, 0.29) is 11.6 Å². The molecule has 1 atom stereocenters. The molecule has 0 bridgehead atoms. The average Bonchev–Trinajstić information content (AvgIpc) is 2.30. The standard InChI is InChI=1S/C15H23N3O3/c1-9-6-10(2)13(12(7-9)14(19)20)17-15(21)16-11(3)8-18(4)5/h6-7,11H,8H2,1-5H3,(H,19,20)(H2,16,17,21). The lowest BCUT2D eigenvalue weighted by atomic mass is 10.0. The van der Waals surface area contributed by atoms with Gasteiger partial charge in [-0.25, -0.2) is 9.59 Å². The molecule has 1 aromatic rings. The summed E-state index contributed by atoms with van der Waals surface area (Å²) in [6.45, 7) is 6.19. The Morgan fingerprint density at radius 2 is 1.90 bits per heavy atom. The summed E-state index contributed by atoms with van der Waals surface area (Å²) in [5, 5.41) is 14.7. The number of carbonyl (C=O) groups is 2. The number of anilines is 1. The summed E-state index contributed by atoms with van der Waals surface area (Å²) in [6.07, 6.45) is 0. The first kappa shape index (κ1) is 17.0. The Labute approximate surface area is 125 Å². The van der Waals surface area contributed by atoms with Crippen LogP contribution in [0.15, 0.2) is 12.1 Å². The average molecular weight is 293 g/mol. The number of carbonyl (C=O) groups excluding carboxylic acids is 1. The van der Waals surface area contributed by atoms with E-state index in [0.717, 1.165) is 11.1 Å². The maximum atomic E-state index is 12.0. The lowest BCUT2D eigenvalue weighted by Crippen LogP contribution is -2.42. The van der Waals surface area contributed by atoms with Crippen LogP contribution >= 0.6 is 0 Å². The number of hydrogen-bond acceptors (Lipinski definition) is 3. The van der Waals surface area contributed by atoms with Gasteiger partial charge in [-0.05, 0) is 52.1 Å². The Morgan fingerprint density at radius 3 is 2.43 bits per heavy atom. The van der Waals surface area contributed by atoms with E-state index in [9.17, 15) is 14.7 Å². The molecule has 0 aliphatic rings. The molecule has 0 aromatic heterocycles. The van der Waals surface area contributed by atoms with Crippen LogP contribution in [0, 0.1) is 13.8 Å². The highest BCUT2D eigenvalue weighted by Crippen LogP contribution is 2.22. The molecule has 0 fully saturated rings. The fraction of sp³-hybridized carbons (Fsp3) is 0.467. The van der Waals surface area contributed by atoms with E-state index >= 15 is 0 Å². The summed E-state index contributed by atoms with van der Waals surface area (Å²) < 4.78 is 0. The predicted octanol–water partition coefficient (Wildman–Crippen LogP) is 2.07. The van der Waals surface area contributed by atoms with Crippen LogP contribution in [-0.2, 0) is 0 Å². The zero-order valence-electron chi connectivity index (χ0n) is 13.2. The molecular weight excluding hydrogens is 270 g/mol. The van der Waals surface area contributed by atoms with E-state index in [1.807, 2.05) is 38.9 Å². The monoisotopic (exact) mass is 293 g/mol. The van der Waals surface area contributed by atoms with Crippen LogP contribution in [0.4, 0.5) is 10.5 Å². The molecule has 2 amide bonds. The molecule has 0 heterocycles. The predicted molar refractivity (Wildman–Crippen MR) is 83.0 cm³/mol. The lowest BCUT2D eigenvalue weighted by Gasteiger charge is -2.19. The molecule has 3 N–H and O–H groups in total. The number of aromatic carboxylic acids is 1. The molecule has 6 nitrogen and oxygen atoms in total. The molecule has 1 aromatic carbocycles. The number of hydrogen-bond donors (Lipinski definition) is 3. The van der Waals surface area contributed by atoms with Crippen molar-refractivity contribution in [3.8, 4) is 0 Å². The summed E-state index contributed by atoms with van der Waals surface area (Å²) in [6, 6.07) is 2.94. The highest BCUT2D eigenvalue weighted by molar-refractivity contribution is 6.01. The van der Waals surface area contributed by atoms with Crippen LogP contribution in [0.2, 0.25) is 0 Å². The van der Waals surface area contributed by atoms with Crippen molar-refractivity contribution >= 4 is 17.7 Å². The zero-order valence-corrected chi connectivity index (χ0v) is 13.2. The van der Waals surface area contributed by atoms with E-state index < -0.39 is 12.0 Å². The molecule has 116 valence electrons. The molecule has 1 unspecified atom stereocenters. The molecule has 21 heavy (non-hydrogen) atoms. The SMILES string of the molecule is Cc1cc(C)c(NC(=O)NC(C)CN(C)C)c(C(=O)O)c1.